The van der Waals surface area contributed by atoms with E-state index in [9.17, 15) is 14.4 Å². The minimum Gasteiger partial charge on any atom is -0.292 e. The maximum Gasteiger partial charge on any atom is 0.184 e. The molecule has 0 bridgehead atoms. The molecule has 0 radical (unpaired) electrons. The Kier molecular flexibility index (Phi) is 4.53. The predicted octanol–water partition coefficient (Wildman–Crippen LogP) is 4.73. The molecule has 0 heterocycles. The molecule has 0 fully saturated rings. The van der Waals surface area contributed by atoms with E-state index in [1.165, 1.54) is 18.2 Å². The molecule has 20 heavy (non-hydrogen) atoms. The molecule has 2 aromatic rings. The van der Waals surface area contributed by atoms with Crippen LogP contribution in [0.2, 0.25) is 5.02 Å². The van der Waals surface area contributed by atoms with Gasteiger partial charge in [0, 0.05) is 20.6 Å². The molecule has 5 heteroatoms. The van der Waals surface area contributed by atoms with Crippen LogP contribution >= 0.6 is 27.5 Å². The summed E-state index contributed by atoms with van der Waals surface area (Å²) in [6.07, 6.45) is 0. The third-order valence-electron chi connectivity index (χ3n) is 2.81. The first-order valence-electron chi connectivity index (χ1n) is 5.68. The van der Waals surface area contributed by atoms with E-state index in [0.717, 1.165) is 4.47 Å². The zero-order chi connectivity index (χ0) is 14.7. The Labute approximate surface area is 128 Å². The van der Waals surface area contributed by atoms with Crippen LogP contribution in [0.15, 0.2) is 46.9 Å². The van der Waals surface area contributed by atoms with Gasteiger partial charge in [0.2, 0.25) is 0 Å². The third kappa shape index (κ3) is 2.90. The molecule has 2 rings (SSSR count). The lowest BCUT2D eigenvalue weighted by Crippen LogP contribution is -2.13. The SMILES string of the molecule is N#CC(C(=O)c1ccc(Br)cc1)c1c(F)cccc1Cl. The lowest BCUT2D eigenvalue weighted by Gasteiger charge is -2.11. The highest BCUT2D eigenvalue weighted by Gasteiger charge is 2.26. The summed E-state index contributed by atoms with van der Waals surface area (Å²) < 4.78 is 14.6. The number of carbonyl (C=O) groups excluding carboxylic acids is 1. The largest absolute Gasteiger partial charge is 0.292 e. The average Bonchev–Trinajstić information content (AvgIpc) is 2.43. The zero-order valence-electron chi connectivity index (χ0n) is 10.1. The Bertz CT molecular complexity index is 674. The van der Waals surface area contributed by atoms with E-state index in [4.69, 9.17) is 11.6 Å². The van der Waals surface area contributed by atoms with Gasteiger partial charge in [0.1, 0.15) is 11.7 Å². The van der Waals surface area contributed by atoms with Gasteiger partial charge in [0.15, 0.2) is 5.78 Å². The highest BCUT2D eigenvalue weighted by molar-refractivity contribution is 9.10. The van der Waals surface area contributed by atoms with Gasteiger partial charge in [0.25, 0.3) is 0 Å². The third-order valence-corrected chi connectivity index (χ3v) is 3.67. The first-order chi connectivity index (χ1) is 9.54. The van der Waals surface area contributed by atoms with Gasteiger partial charge < -0.3 is 0 Å². The standard InChI is InChI=1S/C15H8BrClFNO/c16-10-6-4-9(5-7-10)15(20)11(8-19)14-12(17)2-1-3-13(14)18/h1-7,11H. The summed E-state index contributed by atoms with van der Waals surface area (Å²) in [6, 6.07) is 12.4. The van der Waals surface area contributed by atoms with Crippen LogP contribution in [0.25, 0.3) is 0 Å². The molecule has 1 unspecified atom stereocenters. The molecular formula is C15H8BrClFNO. The highest BCUT2D eigenvalue weighted by atomic mass is 79.9. The van der Waals surface area contributed by atoms with E-state index in [2.05, 4.69) is 15.9 Å². The van der Waals surface area contributed by atoms with Gasteiger partial charge >= 0.3 is 0 Å². The maximum absolute atomic E-state index is 13.8. The number of rotatable bonds is 3. The topological polar surface area (TPSA) is 40.9 Å². The summed E-state index contributed by atoms with van der Waals surface area (Å²) in [5.74, 6) is -2.40. The second-order valence-electron chi connectivity index (χ2n) is 4.07. The molecule has 0 spiro atoms. The van der Waals surface area contributed by atoms with Gasteiger partial charge in [-0.1, -0.05) is 45.7 Å². The minimum absolute atomic E-state index is 0.0713. The first-order valence-corrected chi connectivity index (χ1v) is 6.85. The number of nitriles is 1. The summed E-state index contributed by atoms with van der Waals surface area (Å²) in [5.41, 5.74) is 0.253. The Hall–Kier alpha value is -1.70. The molecule has 2 nitrogen and oxygen atoms in total. The predicted molar refractivity (Wildman–Crippen MR) is 78.2 cm³/mol. The van der Waals surface area contributed by atoms with E-state index >= 15 is 0 Å². The van der Waals surface area contributed by atoms with E-state index in [0.29, 0.717) is 5.56 Å². The van der Waals surface area contributed by atoms with Gasteiger partial charge in [-0.2, -0.15) is 5.26 Å². The molecular weight excluding hydrogens is 345 g/mol. The second kappa shape index (κ2) is 6.17. The number of Topliss-reactive ketones (excluding diaryl/α,β-unsaturated/α-hetero) is 1. The van der Waals surface area contributed by atoms with Crippen LogP contribution < -0.4 is 0 Å². The van der Waals surface area contributed by atoms with E-state index in [1.54, 1.807) is 24.3 Å². The molecule has 0 aliphatic rings. The van der Waals surface area contributed by atoms with Gasteiger partial charge in [0.05, 0.1) is 6.07 Å². The van der Waals surface area contributed by atoms with Crippen molar-refractivity contribution in [2.45, 2.75) is 5.92 Å². The van der Waals surface area contributed by atoms with E-state index in [-0.39, 0.29) is 10.6 Å². The molecule has 1 atom stereocenters. The number of carbonyl (C=O) groups is 1. The average molecular weight is 353 g/mol. The van der Waals surface area contributed by atoms with Crippen molar-refractivity contribution in [1.82, 2.24) is 0 Å². The minimum atomic E-state index is -1.26. The smallest absolute Gasteiger partial charge is 0.184 e. The fourth-order valence-corrected chi connectivity index (χ4v) is 2.36. The molecule has 0 aliphatic heterocycles. The molecule has 0 aromatic heterocycles. The number of nitrogens with zero attached hydrogens (tertiary/aromatic N) is 1. The van der Waals surface area contributed by atoms with Crippen LogP contribution in [-0.4, -0.2) is 5.78 Å². The number of ketones is 1. The Morgan fingerprint density at radius 1 is 1.25 bits per heavy atom. The number of hydrogen-bond donors (Lipinski definition) is 0. The van der Waals surface area contributed by atoms with Crippen LogP contribution in [0.3, 0.4) is 0 Å². The molecule has 0 saturated heterocycles. The van der Waals surface area contributed by atoms with Crippen LogP contribution in [0.1, 0.15) is 21.8 Å². The summed E-state index contributed by atoms with van der Waals surface area (Å²) >= 11 is 9.17. The Morgan fingerprint density at radius 3 is 2.45 bits per heavy atom. The quantitative estimate of drug-likeness (QED) is 0.749. The van der Waals surface area contributed by atoms with Crippen LogP contribution in [0.4, 0.5) is 4.39 Å². The summed E-state index contributed by atoms with van der Waals surface area (Å²) in [5, 5.41) is 9.28. The number of halogens is 3. The van der Waals surface area contributed by atoms with Gasteiger partial charge in [-0.15, -0.1) is 0 Å². The summed E-state index contributed by atoms with van der Waals surface area (Å²) in [4.78, 5) is 12.3. The van der Waals surface area contributed by atoms with Crippen molar-refractivity contribution in [3.05, 3.63) is 68.9 Å². The molecule has 2 aromatic carbocycles. The second-order valence-corrected chi connectivity index (χ2v) is 5.39. The first kappa shape index (κ1) is 14.7. The fourth-order valence-electron chi connectivity index (χ4n) is 1.82. The molecule has 100 valence electrons. The van der Waals surface area contributed by atoms with Gasteiger partial charge in [-0.3, -0.25) is 4.79 Å². The monoisotopic (exact) mass is 351 g/mol. The lowest BCUT2D eigenvalue weighted by atomic mass is 9.91. The summed E-state index contributed by atoms with van der Waals surface area (Å²) in [6.45, 7) is 0. The number of benzene rings is 2. The van der Waals surface area contributed by atoms with Crippen molar-refractivity contribution in [2.75, 3.05) is 0 Å². The van der Waals surface area contributed by atoms with E-state index < -0.39 is 17.5 Å². The number of hydrogen-bond acceptors (Lipinski definition) is 2. The molecule has 0 amide bonds. The normalized spacial score (nSPS) is 11.7. The van der Waals surface area contributed by atoms with Crippen molar-refractivity contribution in [3.63, 3.8) is 0 Å². The molecule has 0 N–H and O–H groups in total. The zero-order valence-corrected chi connectivity index (χ0v) is 12.5. The van der Waals surface area contributed by atoms with Crippen molar-refractivity contribution in [2.24, 2.45) is 0 Å². The van der Waals surface area contributed by atoms with Gasteiger partial charge in [-0.25, -0.2) is 4.39 Å². The summed E-state index contributed by atoms with van der Waals surface area (Å²) in [7, 11) is 0. The van der Waals surface area contributed by atoms with Crippen molar-refractivity contribution >= 4 is 33.3 Å². The molecule has 0 saturated carbocycles. The van der Waals surface area contributed by atoms with Gasteiger partial charge in [-0.05, 0) is 24.3 Å². The van der Waals surface area contributed by atoms with E-state index in [1.807, 2.05) is 6.07 Å². The molecule has 0 aliphatic carbocycles. The van der Waals surface area contributed by atoms with Crippen LogP contribution in [-0.2, 0) is 0 Å². The fraction of sp³-hybridized carbons (Fsp3) is 0.0667. The van der Waals surface area contributed by atoms with Crippen LogP contribution in [0, 0.1) is 17.1 Å². The Morgan fingerprint density at radius 2 is 1.90 bits per heavy atom. The van der Waals surface area contributed by atoms with Crippen molar-refractivity contribution < 1.29 is 9.18 Å². The van der Waals surface area contributed by atoms with Crippen molar-refractivity contribution in [3.8, 4) is 6.07 Å². The van der Waals surface area contributed by atoms with Crippen LogP contribution in [0.5, 0.6) is 0 Å². The van der Waals surface area contributed by atoms with Crippen molar-refractivity contribution in [1.29, 1.82) is 5.26 Å². The maximum atomic E-state index is 13.8. The highest BCUT2D eigenvalue weighted by Crippen LogP contribution is 2.30. The lowest BCUT2D eigenvalue weighted by molar-refractivity contribution is 0.0977. The Balaban J connectivity index is 2.46.